The highest BCUT2D eigenvalue weighted by Crippen LogP contribution is 2.28. The monoisotopic (exact) mass is 334 g/mol. The Hall–Kier alpha value is -1.70. The minimum atomic E-state index is -3.51. The van der Waals surface area contributed by atoms with Gasteiger partial charge < -0.3 is 0 Å². The van der Waals surface area contributed by atoms with Gasteiger partial charge in [-0.2, -0.15) is 9.40 Å². The molecule has 1 aromatic carbocycles. The maximum absolute atomic E-state index is 13.0. The molecule has 0 saturated carbocycles. The van der Waals surface area contributed by atoms with E-state index >= 15 is 0 Å². The first-order valence-electron chi connectivity index (χ1n) is 7.65. The van der Waals surface area contributed by atoms with E-state index < -0.39 is 10.0 Å². The van der Waals surface area contributed by atoms with Gasteiger partial charge in [-0.3, -0.25) is 9.58 Å². The van der Waals surface area contributed by atoms with Gasteiger partial charge in [0.2, 0.25) is 10.0 Å². The Labute approximate surface area is 137 Å². The molecule has 1 saturated heterocycles. The Balaban J connectivity index is 1.90. The molecule has 1 aliphatic heterocycles. The lowest BCUT2D eigenvalue weighted by Crippen LogP contribution is -2.48. The Morgan fingerprint density at radius 2 is 1.83 bits per heavy atom. The van der Waals surface area contributed by atoms with Crippen molar-refractivity contribution in [1.29, 1.82) is 0 Å². The second-order valence-corrected chi connectivity index (χ2v) is 7.93. The predicted molar refractivity (Wildman–Crippen MR) is 88.5 cm³/mol. The van der Waals surface area contributed by atoms with Crippen molar-refractivity contribution in [3.8, 4) is 0 Å². The van der Waals surface area contributed by atoms with E-state index in [1.807, 2.05) is 37.4 Å². The molecule has 7 heteroatoms. The van der Waals surface area contributed by atoms with Crippen LogP contribution in [0.2, 0.25) is 0 Å². The molecule has 0 bridgehead atoms. The number of piperazine rings is 1. The molecule has 124 valence electrons. The summed E-state index contributed by atoms with van der Waals surface area (Å²) in [5.41, 5.74) is 1.68. The number of benzene rings is 1. The van der Waals surface area contributed by atoms with Crippen LogP contribution in [-0.4, -0.2) is 54.1 Å². The molecule has 6 nitrogen and oxygen atoms in total. The fourth-order valence-electron chi connectivity index (χ4n) is 3.07. The lowest BCUT2D eigenvalue weighted by Gasteiger charge is -2.38. The molecule has 1 aliphatic rings. The molecule has 0 N–H and O–H groups in total. The van der Waals surface area contributed by atoms with E-state index in [1.54, 1.807) is 29.2 Å². The van der Waals surface area contributed by atoms with Crippen molar-refractivity contribution in [1.82, 2.24) is 19.0 Å². The fourth-order valence-corrected chi connectivity index (χ4v) is 4.71. The number of nitrogens with zero attached hydrogens (tertiary/aromatic N) is 4. The average molecular weight is 334 g/mol. The van der Waals surface area contributed by atoms with Gasteiger partial charge >= 0.3 is 0 Å². The maximum atomic E-state index is 13.0. The van der Waals surface area contributed by atoms with Crippen LogP contribution in [0, 0.1) is 6.92 Å². The SMILES string of the molecule is Cc1nn(C)cc1S(=O)(=O)N1CCN(C)[C@H](c2ccccc2)C1. The highest BCUT2D eigenvalue weighted by Gasteiger charge is 2.35. The number of aromatic nitrogens is 2. The Morgan fingerprint density at radius 1 is 1.13 bits per heavy atom. The van der Waals surface area contributed by atoms with Gasteiger partial charge in [-0.25, -0.2) is 8.42 Å². The summed E-state index contributed by atoms with van der Waals surface area (Å²) in [5.74, 6) is 0. The van der Waals surface area contributed by atoms with Crippen LogP contribution >= 0.6 is 0 Å². The topological polar surface area (TPSA) is 58.4 Å². The van der Waals surface area contributed by atoms with Gasteiger partial charge in [0.05, 0.1) is 5.69 Å². The molecule has 0 spiro atoms. The summed E-state index contributed by atoms with van der Waals surface area (Å²) < 4.78 is 29.0. The predicted octanol–water partition coefficient (Wildman–Crippen LogP) is 1.41. The molecule has 2 heterocycles. The van der Waals surface area contributed by atoms with Crippen LogP contribution in [-0.2, 0) is 17.1 Å². The van der Waals surface area contributed by atoms with Crippen molar-refractivity contribution in [2.45, 2.75) is 17.9 Å². The van der Waals surface area contributed by atoms with Crippen molar-refractivity contribution in [2.24, 2.45) is 7.05 Å². The molecule has 1 aromatic heterocycles. The normalized spacial score (nSPS) is 20.7. The van der Waals surface area contributed by atoms with E-state index in [0.717, 1.165) is 5.56 Å². The van der Waals surface area contributed by atoms with E-state index in [0.29, 0.717) is 30.2 Å². The zero-order chi connectivity index (χ0) is 16.6. The molecule has 1 fully saturated rings. The lowest BCUT2D eigenvalue weighted by atomic mass is 10.0. The van der Waals surface area contributed by atoms with Crippen molar-refractivity contribution in [3.63, 3.8) is 0 Å². The third kappa shape index (κ3) is 3.04. The quantitative estimate of drug-likeness (QED) is 0.851. The summed E-state index contributed by atoms with van der Waals surface area (Å²) in [6.45, 7) is 3.39. The van der Waals surface area contributed by atoms with Gasteiger partial charge in [0.1, 0.15) is 4.90 Å². The standard InChI is InChI=1S/C16H22N4O2S/c1-13-16(12-19(3)17-13)23(21,22)20-10-9-18(2)15(11-20)14-7-5-4-6-8-14/h4-8,12,15H,9-11H2,1-3H3/t15-/m0/s1. The van der Waals surface area contributed by atoms with Gasteiger partial charge in [-0.05, 0) is 19.5 Å². The van der Waals surface area contributed by atoms with Gasteiger partial charge in [0.15, 0.2) is 0 Å². The van der Waals surface area contributed by atoms with Gasteiger partial charge in [-0.1, -0.05) is 30.3 Å². The summed E-state index contributed by atoms with van der Waals surface area (Å²) in [5, 5.41) is 4.16. The second-order valence-electron chi connectivity index (χ2n) is 6.02. The average Bonchev–Trinajstić information content (AvgIpc) is 2.88. The Kier molecular flexibility index (Phi) is 4.27. The number of aryl methyl sites for hydroxylation is 2. The largest absolute Gasteiger partial charge is 0.297 e. The first kappa shape index (κ1) is 16.2. The summed E-state index contributed by atoms with van der Waals surface area (Å²) in [6, 6.07) is 10.1. The summed E-state index contributed by atoms with van der Waals surface area (Å²) in [6.07, 6.45) is 1.58. The Bertz CT molecular complexity index is 786. The third-order valence-electron chi connectivity index (χ3n) is 4.38. The van der Waals surface area contributed by atoms with Gasteiger partial charge in [0.25, 0.3) is 0 Å². The number of sulfonamides is 1. The zero-order valence-corrected chi connectivity index (χ0v) is 14.5. The molecule has 0 aliphatic carbocycles. The summed E-state index contributed by atoms with van der Waals surface area (Å²) in [7, 11) is 0.265. The van der Waals surface area contributed by atoms with Crippen LogP contribution < -0.4 is 0 Å². The van der Waals surface area contributed by atoms with E-state index in [9.17, 15) is 8.42 Å². The molecular formula is C16H22N4O2S. The van der Waals surface area contributed by atoms with Crippen LogP contribution in [0.5, 0.6) is 0 Å². The lowest BCUT2D eigenvalue weighted by molar-refractivity contribution is 0.148. The van der Waals surface area contributed by atoms with Crippen LogP contribution in [0.15, 0.2) is 41.4 Å². The van der Waals surface area contributed by atoms with Crippen molar-refractivity contribution in [3.05, 3.63) is 47.8 Å². The van der Waals surface area contributed by atoms with E-state index in [4.69, 9.17) is 0 Å². The van der Waals surface area contributed by atoms with Gasteiger partial charge in [-0.15, -0.1) is 0 Å². The number of hydrogen-bond donors (Lipinski definition) is 0. The zero-order valence-electron chi connectivity index (χ0n) is 13.7. The highest BCUT2D eigenvalue weighted by molar-refractivity contribution is 7.89. The second kappa shape index (κ2) is 6.07. The van der Waals surface area contributed by atoms with Crippen molar-refractivity contribution < 1.29 is 8.42 Å². The molecule has 2 aromatic rings. The molecule has 0 radical (unpaired) electrons. The molecule has 0 unspecified atom stereocenters. The molecule has 3 rings (SSSR count). The number of rotatable bonds is 3. The van der Waals surface area contributed by atoms with Crippen LogP contribution in [0.3, 0.4) is 0 Å². The van der Waals surface area contributed by atoms with Crippen LogP contribution in [0.4, 0.5) is 0 Å². The van der Waals surface area contributed by atoms with Crippen LogP contribution in [0.1, 0.15) is 17.3 Å². The highest BCUT2D eigenvalue weighted by atomic mass is 32.2. The van der Waals surface area contributed by atoms with Crippen molar-refractivity contribution in [2.75, 3.05) is 26.7 Å². The van der Waals surface area contributed by atoms with Crippen molar-refractivity contribution >= 4 is 10.0 Å². The van der Waals surface area contributed by atoms with E-state index in [-0.39, 0.29) is 6.04 Å². The first-order chi connectivity index (χ1) is 10.9. The van der Waals surface area contributed by atoms with E-state index in [1.165, 1.54) is 0 Å². The molecule has 1 atom stereocenters. The summed E-state index contributed by atoms with van der Waals surface area (Å²) in [4.78, 5) is 2.51. The summed E-state index contributed by atoms with van der Waals surface area (Å²) >= 11 is 0. The minimum Gasteiger partial charge on any atom is -0.297 e. The van der Waals surface area contributed by atoms with Gasteiger partial charge in [0, 0.05) is 38.9 Å². The third-order valence-corrected chi connectivity index (χ3v) is 6.35. The molecule has 0 amide bonds. The number of likely N-dealkylation sites (N-methyl/N-ethyl adjacent to an activating group) is 1. The smallest absolute Gasteiger partial charge is 0.246 e. The first-order valence-corrected chi connectivity index (χ1v) is 9.09. The number of hydrogen-bond acceptors (Lipinski definition) is 4. The molecule has 23 heavy (non-hydrogen) atoms. The van der Waals surface area contributed by atoms with E-state index in [2.05, 4.69) is 10.00 Å². The fraction of sp³-hybridized carbons (Fsp3) is 0.438. The minimum absolute atomic E-state index is 0.0664. The molecular weight excluding hydrogens is 312 g/mol. The maximum Gasteiger partial charge on any atom is 0.246 e. The van der Waals surface area contributed by atoms with Crippen LogP contribution in [0.25, 0.3) is 0 Å². The Morgan fingerprint density at radius 3 is 2.43 bits per heavy atom.